The van der Waals surface area contributed by atoms with Crippen LogP contribution in [0.25, 0.3) is 0 Å². The van der Waals surface area contributed by atoms with Gasteiger partial charge in [0.25, 0.3) is 5.91 Å². The van der Waals surface area contributed by atoms with Crippen molar-refractivity contribution in [2.45, 2.75) is 26.3 Å². The summed E-state index contributed by atoms with van der Waals surface area (Å²) in [6, 6.07) is 4.84. The first kappa shape index (κ1) is 16.2. The van der Waals surface area contributed by atoms with Gasteiger partial charge < -0.3 is 10.0 Å². The highest BCUT2D eigenvalue weighted by atomic mass is 127. The summed E-state index contributed by atoms with van der Waals surface area (Å²) in [5.74, 6) is -1.33. The minimum atomic E-state index is -1.02. The van der Waals surface area contributed by atoms with Crippen LogP contribution in [0.4, 0.5) is 0 Å². The fourth-order valence-corrected chi connectivity index (χ4v) is 2.10. The highest BCUT2D eigenvalue weighted by Crippen LogP contribution is 2.21. The van der Waals surface area contributed by atoms with Crippen LogP contribution < -0.4 is 0 Å². The zero-order valence-corrected chi connectivity index (χ0v) is 13.6. The Morgan fingerprint density at radius 3 is 2.58 bits per heavy atom. The first-order valence-corrected chi connectivity index (χ1v) is 7.30. The maximum absolute atomic E-state index is 12.3. The lowest BCUT2D eigenvalue weighted by Crippen LogP contribution is -2.41. The van der Waals surface area contributed by atoms with Crippen molar-refractivity contribution in [3.05, 3.63) is 32.4 Å². The lowest BCUT2D eigenvalue weighted by atomic mass is 10.1. The number of carbonyl (C=O) groups is 2. The van der Waals surface area contributed by atoms with E-state index in [0.717, 1.165) is 3.57 Å². The molecule has 1 N–H and O–H groups in total. The van der Waals surface area contributed by atoms with Gasteiger partial charge in [0.05, 0.1) is 5.02 Å². The summed E-state index contributed by atoms with van der Waals surface area (Å²) in [6.45, 7) is 3.43. The molecule has 0 saturated carbocycles. The predicted molar refractivity (Wildman–Crippen MR) is 82.6 cm³/mol. The third-order valence-electron chi connectivity index (χ3n) is 2.86. The highest BCUT2D eigenvalue weighted by molar-refractivity contribution is 14.1. The summed E-state index contributed by atoms with van der Waals surface area (Å²) in [5.41, 5.74) is 0.409. The van der Waals surface area contributed by atoms with Crippen molar-refractivity contribution in [3.63, 3.8) is 0 Å². The second kappa shape index (κ2) is 7.09. The molecule has 0 heterocycles. The second-order valence-corrected chi connectivity index (χ2v) is 5.78. The van der Waals surface area contributed by atoms with Gasteiger partial charge in [-0.1, -0.05) is 18.5 Å². The molecule has 1 aromatic rings. The molecule has 6 heteroatoms. The quantitative estimate of drug-likeness (QED) is 0.779. The Bertz CT molecular complexity index is 493. The van der Waals surface area contributed by atoms with Crippen molar-refractivity contribution in [1.82, 2.24) is 4.90 Å². The number of carboxylic acids is 1. The molecule has 0 fully saturated rings. The van der Waals surface area contributed by atoms with E-state index < -0.39 is 5.97 Å². The Balaban J connectivity index is 3.04. The van der Waals surface area contributed by atoms with E-state index in [2.05, 4.69) is 22.6 Å². The normalized spacial score (nSPS) is 12.0. The first-order chi connectivity index (χ1) is 8.86. The van der Waals surface area contributed by atoms with E-state index in [1.807, 2.05) is 13.8 Å². The fourth-order valence-electron chi connectivity index (χ4n) is 1.59. The predicted octanol–water partition coefficient (Wildman–Crippen LogP) is 3.27. The molecule has 1 aromatic carbocycles. The molecule has 0 spiro atoms. The minimum Gasteiger partial charge on any atom is -0.480 e. The molecule has 0 aliphatic heterocycles. The van der Waals surface area contributed by atoms with Gasteiger partial charge in [-0.05, 0) is 54.1 Å². The van der Waals surface area contributed by atoms with E-state index in [-0.39, 0.29) is 18.5 Å². The largest absolute Gasteiger partial charge is 0.480 e. The van der Waals surface area contributed by atoms with Gasteiger partial charge in [-0.2, -0.15) is 0 Å². The van der Waals surface area contributed by atoms with Crippen LogP contribution >= 0.6 is 34.2 Å². The van der Waals surface area contributed by atoms with Gasteiger partial charge in [-0.25, -0.2) is 0 Å². The van der Waals surface area contributed by atoms with Crippen LogP contribution in [-0.2, 0) is 4.79 Å². The van der Waals surface area contributed by atoms with Crippen molar-refractivity contribution in [1.29, 1.82) is 0 Å². The van der Waals surface area contributed by atoms with Gasteiger partial charge in [-0.3, -0.25) is 9.59 Å². The summed E-state index contributed by atoms with van der Waals surface area (Å²) in [7, 11) is 0. The third kappa shape index (κ3) is 4.35. The molecule has 1 unspecified atom stereocenters. The Morgan fingerprint density at radius 1 is 1.47 bits per heavy atom. The van der Waals surface area contributed by atoms with Crippen LogP contribution in [0.1, 0.15) is 30.6 Å². The Kier molecular flexibility index (Phi) is 6.06. The molecule has 0 bridgehead atoms. The van der Waals surface area contributed by atoms with Gasteiger partial charge >= 0.3 is 5.97 Å². The third-order valence-corrected chi connectivity index (χ3v) is 4.43. The summed E-state index contributed by atoms with van der Waals surface area (Å²) in [6.07, 6.45) is 0.692. The van der Waals surface area contributed by atoms with E-state index in [1.165, 1.54) is 4.90 Å². The standard InChI is InChI=1S/C13H15ClINO3/c1-3-8(2)16(7-12(17)18)13(19)9-4-5-11(15)10(14)6-9/h4-6,8H,3,7H2,1-2H3,(H,17,18). The van der Waals surface area contributed by atoms with E-state index in [4.69, 9.17) is 16.7 Å². The number of nitrogens with zero attached hydrogens (tertiary/aromatic N) is 1. The van der Waals surface area contributed by atoms with Crippen molar-refractivity contribution in [3.8, 4) is 0 Å². The first-order valence-electron chi connectivity index (χ1n) is 5.84. The number of carboxylic acid groups (broad SMARTS) is 1. The van der Waals surface area contributed by atoms with Crippen LogP contribution in [0, 0.1) is 3.57 Å². The number of benzene rings is 1. The summed E-state index contributed by atoms with van der Waals surface area (Å²) in [5, 5.41) is 9.39. The number of halogens is 2. The number of hydrogen-bond donors (Lipinski definition) is 1. The molecule has 0 saturated heterocycles. The number of hydrogen-bond acceptors (Lipinski definition) is 2. The summed E-state index contributed by atoms with van der Waals surface area (Å²) in [4.78, 5) is 24.6. The van der Waals surface area contributed by atoms with Crippen molar-refractivity contribution in [2.75, 3.05) is 6.54 Å². The zero-order valence-electron chi connectivity index (χ0n) is 10.7. The van der Waals surface area contributed by atoms with E-state index >= 15 is 0 Å². The summed E-state index contributed by atoms with van der Waals surface area (Å²) < 4.78 is 0.851. The van der Waals surface area contributed by atoms with Crippen LogP contribution in [0.15, 0.2) is 18.2 Å². The van der Waals surface area contributed by atoms with Gasteiger partial charge in [0.15, 0.2) is 0 Å². The lowest BCUT2D eigenvalue weighted by molar-refractivity contribution is -0.138. The lowest BCUT2D eigenvalue weighted by Gasteiger charge is -2.27. The van der Waals surface area contributed by atoms with Crippen molar-refractivity contribution >= 4 is 46.1 Å². The van der Waals surface area contributed by atoms with Gasteiger partial charge in [0.1, 0.15) is 6.54 Å². The number of carbonyl (C=O) groups excluding carboxylic acids is 1. The Labute approximate surface area is 130 Å². The van der Waals surface area contributed by atoms with E-state index in [1.54, 1.807) is 18.2 Å². The molecule has 104 valence electrons. The zero-order chi connectivity index (χ0) is 14.6. The number of amides is 1. The van der Waals surface area contributed by atoms with Gasteiger partial charge in [0.2, 0.25) is 0 Å². The maximum Gasteiger partial charge on any atom is 0.323 e. The average Bonchev–Trinajstić information content (AvgIpc) is 2.37. The van der Waals surface area contributed by atoms with Gasteiger partial charge in [-0.15, -0.1) is 0 Å². The van der Waals surface area contributed by atoms with E-state index in [9.17, 15) is 9.59 Å². The number of aliphatic carboxylic acids is 1. The smallest absolute Gasteiger partial charge is 0.323 e. The van der Waals surface area contributed by atoms with E-state index in [0.29, 0.717) is 17.0 Å². The monoisotopic (exact) mass is 395 g/mol. The molecule has 19 heavy (non-hydrogen) atoms. The summed E-state index contributed by atoms with van der Waals surface area (Å²) >= 11 is 8.06. The molecule has 0 aliphatic carbocycles. The molecular weight excluding hydrogens is 381 g/mol. The Morgan fingerprint density at radius 2 is 2.11 bits per heavy atom. The molecule has 0 aliphatic rings. The minimum absolute atomic E-state index is 0.137. The second-order valence-electron chi connectivity index (χ2n) is 4.21. The van der Waals surface area contributed by atoms with Crippen LogP contribution in [0.5, 0.6) is 0 Å². The van der Waals surface area contributed by atoms with Crippen molar-refractivity contribution < 1.29 is 14.7 Å². The SMILES string of the molecule is CCC(C)N(CC(=O)O)C(=O)c1ccc(I)c(Cl)c1. The molecular formula is C13H15ClINO3. The maximum atomic E-state index is 12.3. The highest BCUT2D eigenvalue weighted by Gasteiger charge is 2.23. The average molecular weight is 396 g/mol. The fraction of sp³-hybridized carbons (Fsp3) is 0.385. The Hall–Kier alpha value is -0.820. The van der Waals surface area contributed by atoms with Crippen LogP contribution in [0.3, 0.4) is 0 Å². The molecule has 1 amide bonds. The number of rotatable bonds is 5. The topological polar surface area (TPSA) is 57.6 Å². The van der Waals surface area contributed by atoms with Crippen molar-refractivity contribution in [2.24, 2.45) is 0 Å². The molecule has 0 aromatic heterocycles. The molecule has 4 nitrogen and oxygen atoms in total. The van der Waals surface area contributed by atoms with Gasteiger partial charge in [0, 0.05) is 15.2 Å². The molecule has 1 atom stereocenters. The molecule has 0 radical (unpaired) electrons. The van der Waals surface area contributed by atoms with Crippen LogP contribution in [-0.4, -0.2) is 34.5 Å². The molecule has 1 rings (SSSR count). The van der Waals surface area contributed by atoms with Crippen LogP contribution in [0.2, 0.25) is 5.02 Å².